The van der Waals surface area contributed by atoms with Crippen molar-refractivity contribution in [2.75, 3.05) is 0 Å². The summed E-state index contributed by atoms with van der Waals surface area (Å²) in [5.41, 5.74) is 6.89. The van der Waals surface area contributed by atoms with E-state index < -0.39 is 0 Å². The van der Waals surface area contributed by atoms with Crippen LogP contribution in [0.4, 0.5) is 0 Å². The van der Waals surface area contributed by atoms with Gasteiger partial charge in [-0.05, 0) is 18.6 Å². The molecule has 2 aromatic heterocycles. The molecule has 0 aliphatic rings. The van der Waals surface area contributed by atoms with Crippen LogP contribution in [0.5, 0.6) is 0 Å². The first-order valence-corrected chi connectivity index (χ1v) is 6.13. The molecule has 0 fully saturated rings. The Balaban J connectivity index is 2.14. The monoisotopic (exact) mass is 264 g/mol. The molecule has 0 aliphatic heterocycles. The van der Waals surface area contributed by atoms with Gasteiger partial charge in [-0.1, -0.05) is 23.0 Å². The maximum absolute atomic E-state index is 8.69. The van der Waals surface area contributed by atoms with Crippen LogP contribution in [-0.4, -0.2) is 31.2 Å². The molecule has 0 bridgehead atoms. The number of nitrogens with zero attached hydrogens (tertiary/aromatic N) is 4. The normalized spacial score (nSPS) is 11.7. The van der Waals surface area contributed by atoms with Gasteiger partial charge in [-0.15, -0.1) is 5.10 Å². The van der Waals surface area contributed by atoms with E-state index >= 15 is 0 Å². The highest BCUT2D eigenvalue weighted by Crippen LogP contribution is 2.20. The van der Waals surface area contributed by atoms with Gasteiger partial charge in [0, 0.05) is 11.9 Å². The zero-order chi connectivity index (χ0) is 13.0. The lowest BCUT2D eigenvalue weighted by Gasteiger charge is -2.04. The average Bonchev–Trinajstić information content (AvgIpc) is 2.81. The second kappa shape index (κ2) is 5.50. The fourth-order valence-corrected chi connectivity index (χ4v) is 2.19. The van der Waals surface area contributed by atoms with Crippen molar-refractivity contribution in [1.82, 2.24) is 20.2 Å². The summed E-state index contributed by atoms with van der Waals surface area (Å²) in [6, 6.07) is 3.67. The van der Waals surface area contributed by atoms with Crippen molar-refractivity contribution in [3.8, 4) is 0 Å². The lowest BCUT2D eigenvalue weighted by Crippen LogP contribution is -2.17. The molecule has 94 valence electrons. The number of nitrogens with one attached hydrogen (secondary N) is 1. The summed E-state index contributed by atoms with van der Waals surface area (Å²) in [5.74, 6) is 1.36. The molecule has 4 N–H and O–H groups in total. The van der Waals surface area contributed by atoms with Crippen molar-refractivity contribution >= 4 is 17.6 Å². The molecule has 0 saturated heterocycles. The fraction of sp³-hybridized carbons (Fsp3) is 0.200. The van der Waals surface area contributed by atoms with E-state index in [1.807, 2.05) is 13.0 Å². The Morgan fingerprint density at radius 2 is 2.44 bits per heavy atom. The highest BCUT2D eigenvalue weighted by Gasteiger charge is 2.09. The van der Waals surface area contributed by atoms with E-state index in [4.69, 9.17) is 10.9 Å². The van der Waals surface area contributed by atoms with Gasteiger partial charge < -0.3 is 10.9 Å². The first-order chi connectivity index (χ1) is 8.70. The summed E-state index contributed by atoms with van der Waals surface area (Å²) in [5, 5.41) is 19.1. The maximum Gasteiger partial charge on any atom is 0.208 e. The molecular formula is C10H12N6OS. The molecule has 0 spiro atoms. The van der Waals surface area contributed by atoms with E-state index in [-0.39, 0.29) is 5.84 Å². The zero-order valence-corrected chi connectivity index (χ0v) is 10.5. The minimum absolute atomic E-state index is 0.00244. The number of amidine groups is 1. The summed E-state index contributed by atoms with van der Waals surface area (Å²) in [6.07, 6.45) is 1.60. The number of aryl methyl sites for hydroxylation is 1. The number of oxime groups is 1. The largest absolute Gasteiger partial charge is 0.409 e. The van der Waals surface area contributed by atoms with E-state index in [0.29, 0.717) is 16.6 Å². The highest BCUT2D eigenvalue weighted by molar-refractivity contribution is 7.98. The third-order valence-corrected chi connectivity index (χ3v) is 3.07. The quantitative estimate of drug-likeness (QED) is 0.248. The van der Waals surface area contributed by atoms with E-state index in [1.54, 1.807) is 12.3 Å². The van der Waals surface area contributed by atoms with Gasteiger partial charge in [-0.25, -0.2) is 4.98 Å². The number of thioether (sulfide) groups is 1. The van der Waals surface area contributed by atoms with Crippen LogP contribution in [0.1, 0.15) is 17.1 Å². The minimum Gasteiger partial charge on any atom is -0.409 e. The maximum atomic E-state index is 8.69. The molecule has 0 unspecified atom stereocenters. The van der Waals surface area contributed by atoms with Gasteiger partial charge in [-0.2, -0.15) is 0 Å². The second-order valence-electron chi connectivity index (χ2n) is 3.49. The molecule has 18 heavy (non-hydrogen) atoms. The van der Waals surface area contributed by atoms with Gasteiger partial charge in [0.25, 0.3) is 0 Å². The summed E-state index contributed by atoms with van der Waals surface area (Å²) >= 11 is 1.45. The average molecular weight is 264 g/mol. The zero-order valence-electron chi connectivity index (χ0n) is 9.66. The number of nitrogens with two attached hydrogens (primary N) is 1. The third-order valence-electron chi connectivity index (χ3n) is 2.18. The topological polar surface area (TPSA) is 113 Å². The Morgan fingerprint density at radius 1 is 1.61 bits per heavy atom. The fourth-order valence-electron chi connectivity index (χ4n) is 1.36. The molecule has 2 heterocycles. The molecule has 0 aliphatic carbocycles. The summed E-state index contributed by atoms with van der Waals surface area (Å²) in [7, 11) is 0. The van der Waals surface area contributed by atoms with Crippen LogP contribution in [0.15, 0.2) is 28.6 Å². The van der Waals surface area contributed by atoms with Crippen molar-refractivity contribution in [1.29, 1.82) is 0 Å². The molecule has 0 radical (unpaired) electrons. The Labute approximate surface area is 108 Å². The first-order valence-electron chi connectivity index (χ1n) is 5.14. The minimum atomic E-state index is -0.00244. The lowest BCUT2D eigenvalue weighted by molar-refractivity contribution is 0.318. The molecule has 2 rings (SSSR count). The van der Waals surface area contributed by atoms with E-state index in [1.165, 1.54) is 11.8 Å². The number of rotatable bonds is 4. The van der Waals surface area contributed by atoms with Crippen LogP contribution in [0.25, 0.3) is 0 Å². The van der Waals surface area contributed by atoms with Gasteiger partial charge in [0.2, 0.25) is 5.16 Å². The number of aromatic nitrogens is 4. The van der Waals surface area contributed by atoms with Crippen molar-refractivity contribution < 1.29 is 5.21 Å². The van der Waals surface area contributed by atoms with Gasteiger partial charge >= 0.3 is 0 Å². The Kier molecular flexibility index (Phi) is 3.78. The van der Waals surface area contributed by atoms with E-state index in [2.05, 4.69) is 25.3 Å². The number of hydrogen-bond acceptors (Lipinski definition) is 6. The summed E-state index contributed by atoms with van der Waals surface area (Å²) in [4.78, 5) is 8.27. The molecule has 0 aromatic carbocycles. The number of hydrogen-bond donors (Lipinski definition) is 3. The molecule has 8 heteroatoms. The van der Waals surface area contributed by atoms with E-state index in [9.17, 15) is 0 Å². The smallest absolute Gasteiger partial charge is 0.208 e. The third kappa shape index (κ3) is 2.77. The number of pyridine rings is 1. The summed E-state index contributed by atoms with van der Waals surface area (Å²) in [6.45, 7) is 1.84. The van der Waals surface area contributed by atoms with Crippen LogP contribution >= 0.6 is 11.8 Å². The molecular weight excluding hydrogens is 252 g/mol. The predicted molar refractivity (Wildman–Crippen MR) is 67.4 cm³/mol. The molecule has 0 saturated carbocycles. The number of H-pyrrole nitrogens is 1. The van der Waals surface area contributed by atoms with Crippen LogP contribution in [0.3, 0.4) is 0 Å². The van der Waals surface area contributed by atoms with Crippen LogP contribution < -0.4 is 5.73 Å². The summed E-state index contributed by atoms with van der Waals surface area (Å²) < 4.78 is 0. The first kappa shape index (κ1) is 12.4. The predicted octanol–water partition coefficient (Wildman–Crippen LogP) is 0.895. The van der Waals surface area contributed by atoms with Crippen LogP contribution in [-0.2, 0) is 5.75 Å². The van der Waals surface area contributed by atoms with Crippen molar-refractivity contribution in [2.45, 2.75) is 17.8 Å². The second-order valence-corrected chi connectivity index (χ2v) is 4.43. The Morgan fingerprint density at radius 3 is 3.11 bits per heavy atom. The van der Waals surface area contributed by atoms with Crippen molar-refractivity contribution in [3.05, 3.63) is 35.4 Å². The highest BCUT2D eigenvalue weighted by atomic mass is 32.2. The Bertz CT molecular complexity index is 567. The van der Waals surface area contributed by atoms with Gasteiger partial charge in [-0.3, -0.25) is 10.1 Å². The SMILES string of the molecule is Cc1nc(SCc2cccnc2C(N)=NO)n[nH]1. The Hall–Kier alpha value is -2.09. The molecule has 7 nitrogen and oxygen atoms in total. The van der Waals surface area contributed by atoms with Crippen molar-refractivity contribution in [2.24, 2.45) is 10.9 Å². The van der Waals surface area contributed by atoms with Crippen molar-refractivity contribution in [3.63, 3.8) is 0 Å². The molecule has 2 aromatic rings. The van der Waals surface area contributed by atoms with Crippen LogP contribution in [0.2, 0.25) is 0 Å². The van der Waals surface area contributed by atoms with Gasteiger partial charge in [0.1, 0.15) is 11.5 Å². The lowest BCUT2D eigenvalue weighted by atomic mass is 10.2. The molecule has 0 atom stereocenters. The molecule has 0 amide bonds. The van der Waals surface area contributed by atoms with Gasteiger partial charge in [0.15, 0.2) is 5.84 Å². The standard InChI is InChI=1S/C10H12N6OS/c1-6-13-10(15-14-6)18-5-7-3-2-4-12-8(7)9(11)16-17/h2-4,17H,5H2,1H3,(H2,11,16)(H,13,14,15). The number of aromatic amines is 1. The van der Waals surface area contributed by atoms with Gasteiger partial charge in [0.05, 0.1) is 0 Å². The van der Waals surface area contributed by atoms with E-state index in [0.717, 1.165) is 11.4 Å². The van der Waals surface area contributed by atoms with Crippen LogP contribution in [0, 0.1) is 6.92 Å².